The lowest BCUT2D eigenvalue weighted by molar-refractivity contribution is 0.385. The fourth-order valence-electron chi connectivity index (χ4n) is 1.20. The summed E-state index contributed by atoms with van der Waals surface area (Å²) in [6.45, 7) is 1.79. The minimum Gasteiger partial charge on any atom is -0.494 e. The summed E-state index contributed by atoms with van der Waals surface area (Å²) in [5.74, 6) is -0.730. The molecular formula is C10H15FN2O3S. The van der Waals surface area contributed by atoms with Gasteiger partial charge in [-0.15, -0.1) is 0 Å². The fourth-order valence-corrected chi connectivity index (χ4v) is 2.46. The Kier molecular flexibility index (Phi) is 4.44. The lowest BCUT2D eigenvalue weighted by Gasteiger charge is -2.12. The summed E-state index contributed by atoms with van der Waals surface area (Å²) in [6.07, 6.45) is 0. The number of ether oxygens (including phenoxy) is 1. The molecule has 96 valence electrons. The zero-order valence-corrected chi connectivity index (χ0v) is 10.4. The van der Waals surface area contributed by atoms with Gasteiger partial charge in [-0.1, -0.05) is 0 Å². The average molecular weight is 262 g/mol. The van der Waals surface area contributed by atoms with Gasteiger partial charge in [0, 0.05) is 12.6 Å². The van der Waals surface area contributed by atoms with Gasteiger partial charge in [-0.05, 0) is 25.1 Å². The summed E-state index contributed by atoms with van der Waals surface area (Å²) >= 11 is 0. The number of hydrogen-bond donors (Lipinski definition) is 2. The normalized spacial score (nSPS) is 13.4. The van der Waals surface area contributed by atoms with Crippen LogP contribution in [0, 0.1) is 5.82 Å². The molecule has 1 aromatic rings. The number of nitrogens with two attached hydrogens (primary N) is 1. The summed E-state index contributed by atoms with van der Waals surface area (Å²) in [7, 11) is -2.44. The third kappa shape index (κ3) is 3.39. The van der Waals surface area contributed by atoms with Crippen LogP contribution in [0.4, 0.5) is 4.39 Å². The molecule has 0 bridgehead atoms. The Morgan fingerprint density at radius 2 is 2.18 bits per heavy atom. The largest absolute Gasteiger partial charge is 0.494 e. The molecule has 0 heterocycles. The van der Waals surface area contributed by atoms with Crippen LogP contribution in [0.15, 0.2) is 23.1 Å². The molecule has 0 unspecified atom stereocenters. The highest BCUT2D eigenvalue weighted by atomic mass is 32.2. The van der Waals surface area contributed by atoms with Gasteiger partial charge < -0.3 is 10.5 Å². The fraction of sp³-hybridized carbons (Fsp3) is 0.400. The van der Waals surface area contributed by atoms with E-state index < -0.39 is 21.9 Å². The Morgan fingerprint density at radius 1 is 1.53 bits per heavy atom. The maximum atomic E-state index is 13.4. The molecule has 7 heteroatoms. The van der Waals surface area contributed by atoms with E-state index in [2.05, 4.69) is 4.72 Å². The molecule has 0 aliphatic heterocycles. The van der Waals surface area contributed by atoms with Crippen LogP contribution in [-0.2, 0) is 10.0 Å². The quantitative estimate of drug-likeness (QED) is 0.807. The SMILES string of the molecule is COc1ccc(S(=O)(=O)N[C@@H](C)CN)cc1F. The molecule has 1 rings (SSSR count). The molecule has 0 aliphatic carbocycles. The molecular weight excluding hydrogens is 247 g/mol. The molecule has 17 heavy (non-hydrogen) atoms. The third-order valence-electron chi connectivity index (χ3n) is 2.14. The van der Waals surface area contributed by atoms with Gasteiger partial charge in [-0.25, -0.2) is 17.5 Å². The van der Waals surface area contributed by atoms with Crippen molar-refractivity contribution in [3.8, 4) is 5.75 Å². The van der Waals surface area contributed by atoms with E-state index in [-0.39, 0.29) is 17.2 Å². The predicted octanol–water partition coefficient (Wildman–Crippen LogP) is 0.460. The zero-order valence-electron chi connectivity index (χ0n) is 9.60. The second-order valence-corrected chi connectivity index (χ2v) is 5.27. The molecule has 1 atom stereocenters. The summed E-state index contributed by atoms with van der Waals surface area (Å²) < 4.78 is 43.9. The van der Waals surface area contributed by atoms with Crippen LogP contribution < -0.4 is 15.2 Å². The molecule has 0 amide bonds. The Morgan fingerprint density at radius 3 is 2.65 bits per heavy atom. The number of rotatable bonds is 5. The number of halogens is 1. The van der Waals surface area contributed by atoms with Crippen molar-refractivity contribution in [3.63, 3.8) is 0 Å². The topological polar surface area (TPSA) is 81.4 Å². The predicted molar refractivity (Wildman–Crippen MR) is 61.8 cm³/mol. The number of methoxy groups -OCH3 is 1. The van der Waals surface area contributed by atoms with Crippen molar-refractivity contribution < 1.29 is 17.5 Å². The van der Waals surface area contributed by atoms with Crippen LogP contribution in [0.1, 0.15) is 6.92 Å². The van der Waals surface area contributed by atoms with Crippen LogP contribution in [-0.4, -0.2) is 28.1 Å². The Labute approximate surface area is 99.8 Å². The smallest absolute Gasteiger partial charge is 0.240 e. The summed E-state index contributed by atoms with van der Waals surface area (Å²) in [5, 5.41) is 0. The van der Waals surface area contributed by atoms with Crippen LogP contribution in [0.2, 0.25) is 0 Å². The first kappa shape index (κ1) is 13.9. The van der Waals surface area contributed by atoms with E-state index in [9.17, 15) is 12.8 Å². The first-order valence-corrected chi connectivity index (χ1v) is 6.45. The van der Waals surface area contributed by atoms with Gasteiger partial charge in [-0.3, -0.25) is 0 Å². The Bertz CT molecular complexity index is 490. The van der Waals surface area contributed by atoms with E-state index in [0.29, 0.717) is 0 Å². The highest BCUT2D eigenvalue weighted by molar-refractivity contribution is 7.89. The first-order chi connectivity index (χ1) is 7.90. The summed E-state index contributed by atoms with van der Waals surface area (Å²) in [4.78, 5) is -0.156. The van der Waals surface area contributed by atoms with Gasteiger partial charge in [0.05, 0.1) is 12.0 Å². The summed E-state index contributed by atoms with van der Waals surface area (Å²) in [5.41, 5.74) is 5.31. The minimum absolute atomic E-state index is 0.00387. The Balaban J connectivity index is 3.04. The van der Waals surface area contributed by atoms with E-state index in [0.717, 1.165) is 6.07 Å². The molecule has 3 N–H and O–H groups in total. The van der Waals surface area contributed by atoms with E-state index in [4.69, 9.17) is 10.5 Å². The highest BCUT2D eigenvalue weighted by Crippen LogP contribution is 2.20. The third-order valence-corrected chi connectivity index (χ3v) is 3.73. The number of nitrogens with one attached hydrogen (secondary N) is 1. The second-order valence-electron chi connectivity index (χ2n) is 3.55. The molecule has 0 aromatic heterocycles. The van der Waals surface area contributed by atoms with E-state index >= 15 is 0 Å². The van der Waals surface area contributed by atoms with Gasteiger partial charge >= 0.3 is 0 Å². The van der Waals surface area contributed by atoms with E-state index in [1.807, 2.05) is 0 Å². The van der Waals surface area contributed by atoms with Gasteiger partial charge in [0.15, 0.2) is 11.6 Å². The van der Waals surface area contributed by atoms with Crippen LogP contribution in [0.3, 0.4) is 0 Å². The molecule has 1 aromatic carbocycles. The molecule has 0 spiro atoms. The van der Waals surface area contributed by atoms with Crippen LogP contribution in [0.5, 0.6) is 5.75 Å². The monoisotopic (exact) mass is 262 g/mol. The van der Waals surface area contributed by atoms with Crippen molar-refractivity contribution in [3.05, 3.63) is 24.0 Å². The lowest BCUT2D eigenvalue weighted by atomic mass is 10.3. The zero-order chi connectivity index (χ0) is 13.1. The van der Waals surface area contributed by atoms with Crippen molar-refractivity contribution in [2.24, 2.45) is 5.73 Å². The van der Waals surface area contributed by atoms with E-state index in [1.165, 1.54) is 19.2 Å². The molecule has 0 saturated heterocycles. The van der Waals surface area contributed by atoms with Crippen molar-refractivity contribution in [2.45, 2.75) is 17.9 Å². The summed E-state index contributed by atoms with van der Waals surface area (Å²) in [6, 6.07) is 3.03. The van der Waals surface area contributed by atoms with Crippen LogP contribution in [0.25, 0.3) is 0 Å². The minimum atomic E-state index is -3.74. The Hall–Kier alpha value is -1.18. The number of hydrogen-bond acceptors (Lipinski definition) is 4. The molecule has 5 nitrogen and oxygen atoms in total. The molecule has 0 radical (unpaired) electrons. The van der Waals surface area contributed by atoms with Gasteiger partial charge in [-0.2, -0.15) is 0 Å². The maximum Gasteiger partial charge on any atom is 0.240 e. The van der Waals surface area contributed by atoms with Gasteiger partial charge in [0.2, 0.25) is 10.0 Å². The van der Waals surface area contributed by atoms with E-state index in [1.54, 1.807) is 6.92 Å². The number of benzene rings is 1. The molecule has 0 fully saturated rings. The average Bonchev–Trinajstić information content (AvgIpc) is 2.28. The van der Waals surface area contributed by atoms with Gasteiger partial charge in [0.25, 0.3) is 0 Å². The highest BCUT2D eigenvalue weighted by Gasteiger charge is 2.18. The lowest BCUT2D eigenvalue weighted by Crippen LogP contribution is -2.37. The second kappa shape index (κ2) is 5.44. The molecule has 0 saturated carbocycles. The number of sulfonamides is 1. The standard InChI is InChI=1S/C10H15FN2O3S/c1-7(6-12)13-17(14,15)8-3-4-10(16-2)9(11)5-8/h3-5,7,13H,6,12H2,1-2H3/t7-/m0/s1. The van der Waals surface area contributed by atoms with Gasteiger partial charge in [0.1, 0.15) is 0 Å². The maximum absolute atomic E-state index is 13.4. The van der Waals surface area contributed by atoms with Crippen molar-refractivity contribution in [1.82, 2.24) is 4.72 Å². The first-order valence-electron chi connectivity index (χ1n) is 4.96. The van der Waals surface area contributed by atoms with Crippen molar-refractivity contribution >= 4 is 10.0 Å². The van der Waals surface area contributed by atoms with Crippen LogP contribution >= 0.6 is 0 Å². The molecule has 0 aliphatic rings. The van der Waals surface area contributed by atoms with Crippen molar-refractivity contribution in [1.29, 1.82) is 0 Å². The van der Waals surface area contributed by atoms with Crippen molar-refractivity contribution in [2.75, 3.05) is 13.7 Å².